The highest BCUT2D eigenvalue weighted by Crippen LogP contribution is 2.32. The normalized spacial score (nSPS) is 10.8. The first-order chi connectivity index (χ1) is 7.56. The van der Waals surface area contributed by atoms with Gasteiger partial charge in [0.05, 0.1) is 0 Å². The van der Waals surface area contributed by atoms with Gasteiger partial charge in [-0.25, -0.2) is 4.79 Å². The van der Waals surface area contributed by atoms with Crippen molar-refractivity contribution in [2.75, 3.05) is 0 Å². The van der Waals surface area contributed by atoms with E-state index >= 15 is 0 Å². The lowest BCUT2D eigenvalue weighted by Crippen LogP contribution is -1.92. The summed E-state index contributed by atoms with van der Waals surface area (Å²) in [6.07, 6.45) is 3.79. The maximum atomic E-state index is 10.4. The summed E-state index contributed by atoms with van der Waals surface area (Å²) in [6, 6.07) is 2.93. The van der Waals surface area contributed by atoms with Crippen LogP contribution in [0.25, 0.3) is 6.08 Å². The van der Waals surface area contributed by atoms with E-state index in [1.807, 2.05) is 6.92 Å². The molecule has 0 heterocycles. The van der Waals surface area contributed by atoms with E-state index in [2.05, 4.69) is 0 Å². The first-order valence-corrected chi connectivity index (χ1v) is 5.01. The number of aliphatic carboxylic acids is 1. The van der Waals surface area contributed by atoms with Crippen LogP contribution < -0.4 is 0 Å². The van der Waals surface area contributed by atoms with Crippen LogP contribution in [-0.4, -0.2) is 21.3 Å². The fraction of sp³-hybridized carbons (Fsp3) is 0.250. The number of phenols is 2. The van der Waals surface area contributed by atoms with E-state index in [-0.39, 0.29) is 11.5 Å². The Labute approximate surface area is 93.5 Å². The third-order valence-corrected chi connectivity index (χ3v) is 2.20. The molecule has 0 unspecified atom stereocenters. The highest BCUT2D eigenvalue weighted by Gasteiger charge is 2.09. The smallest absolute Gasteiger partial charge is 0.328 e. The molecule has 1 aromatic carbocycles. The fourth-order valence-corrected chi connectivity index (χ4v) is 1.47. The van der Waals surface area contributed by atoms with Gasteiger partial charge in [0.1, 0.15) is 0 Å². The summed E-state index contributed by atoms with van der Waals surface area (Å²) >= 11 is 0. The van der Waals surface area contributed by atoms with Gasteiger partial charge in [-0.1, -0.05) is 19.4 Å². The van der Waals surface area contributed by atoms with Crippen LogP contribution in [0.5, 0.6) is 11.5 Å². The van der Waals surface area contributed by atoms with Crippen molar-refractivity contribution >= 4 is 12.0 Å². The van der Waals surface area contributed by atoms with Gasteiger partial charge in [0.2, 0.25) is 0 Å². The fourth-order valence-electron chi connectivity index (χ4n) is 1.47. The molecule has 16 heavy (non-hydrogen) atoms. The van der Waals surface area contributed by atoms with Crippen molar-refractivity contribution in [3.8, 4) is 11.5 Å². The van der Waals surface area contributed by atoms with Gasteiger partial charge in [-0.3, -0.25) is 0 Å². The third-order valence-electron chi connectivity index (χ3n) is 2.20. The molecule has 0 amide bonds. The van der Waals surface area contributed by atoms with Gasteiger partial charge in [-0.05, 0) is 24.1 Å². The maximum absolute atomic E-state index is 10.4. The zero-order valence-corrected chi connectivity index (χ0v) is 8.97. The third kappa shape index (κ3) is 2.76. The van der Waals surface area contributed by atoms with Crippen LogP contribution in [0.4, 0.5) is 0 Å². The van der Waals surface area contributed by atoms with Crippen LogP contribution in [0.3, 0.4) is 0 Å². The average molecular weight is 222 g/mol. The Kier molecular flexibility index (Phi) is 3.94. The summed E-state index contributed by atoms with van der Waals surface area (Å²) < 4.78 is 0. The minimum atomic E-state index is -1.05. The van der Waals surface area contributed by atoms with Gasteiger partial charge < -0.3 is 15.3 Å². The van der Waals surface area contributed by atoms with E-state index in [0.29, 0.717) is 17.5 Å². The molecule has 3 N–H and O–H groups in total. The first kappa shape index (κ1) is 12.1. The number of aromatic hydroxyl groups is 2. The van der Waals surface area contributed by atoms with Gasteiger partial charge in [-0.15, -0.1) is 0 Å². The number of carbonyl (C=O) groups is 1. The predicted octanol–water partition coefficient (Wildman–Crippen LogP) is 2.15. The molecule has 0 aromatic heterocycles. The minimum absolute atomic E-state index is 0.172. The number of carboxylic acids is 1. The summed E-state index contributed by atoms with van der Waals surface area (Å²) in [5.41, 5.74) is 1.18. The molecule has 0 bridgehead atoms. The van der Waals surface area contributed by atoms with Crippen molar-refractivity contribution < 1.29 is 20.1 Å². The van der Waals surface area contributed by atoms with E-state index in [0.717, 1.165) is 12.5 Å². The summed E-state index contributed by atoms with van der Waals surface area (Å²) in [5, 5.41) is 27.5. The quantitative estimate of drug-likeness (QED) is 0.538. The Bertz CT molecular complexity index is 421. The number of phenolic OH excluding ortho intramolecular Hbond substituents is 2. The van der Waals surface area contributed by atoms with E-state index in [4.69, 9.17) is 5.11 Å². The summed E-state index contributed by atoms with van der Waals surface area (Å²) in [7, 11) is 0. The van der Waals surface area contributed by atoms with E-state index in [1.165, 1.54) is 12.1 Å². The molecule has 86 valence electrons. The highest BCUT2D eigenvalue weighted by molar-refractivity contribution is 5.85. The van der Waals surface area contributed by atoms with Crippen molar-refractivity contribution in [3.05, 3.63) is 29.3 Å². The molecular weight excluding hydrogens is 208 g/mol. The molecule has 0 aliphatic carbocycles. The largest absolute Gasteiger partial charge is 0.504 e. The van der Waals surface area contributed by atoms with E-state index in [1.54, 1.807) is 6.07 Å². The number of rotatable bonds is 4. The van der Waals surface area contributed by atoms with Gasteiger partial charge in [0, 0.05) is 11.6 Å². The highest BCUT2D eigenvalue weighted by atomic mass is 16.4. The van der Waals surface area contributed by atoms with Gasteiger partial charge in [0.25, 0.3) is 0 Å². The Morgan fingerprint density at radius 2 is 2.06 bits per heavy atom. The zero-order chi connectivity index (χ0) is 12.1. The van der Waals surface area contributed by atoms with Crippen molar-refractivity contribution in [2.24, 2.45) is 0 Å². The molecule has 0 saturated heterocycles. The topological polar surface area (TPSA) is 77.8 Å². The van der Waals surface area contributed by atoms with Crippen LogP contribution in [0.2, 0.25) is 0 Å². The van der Waals surface area contributed by atoms with E-state index < -0.39 is 5.97 Å². The van der Waals surface area contributed by atoms with Gasteiger partial charge >= 0.3 is 5.97 Å². The van der Waals surface area contributed by atoms with Gasteiger partial charge in [0.15, 0.2) is 11.5 Å². The minimum Gasteiger partial charge on any atom is -0.504 e. The second kappa shape index (κ2) is 5.21. The van der Waals surface area contributed by atoms with Crippen molar-refractivity contribution in [2.45, 2.75) is 19.8 Å². The Balaban J connectivity index is 3.17. The van der Waals surface area contributed by atoms with Gasteiger partial charge in [-0.2, -0.15) is 0 Å². The molecule has 4 nitrogen and oxygen atoms in total. The first-order valence-electron chi connectivity index (χ1n) is 5.01. The van der Waals surface area contributed by atoms with Crippen LogP contribution in [0, 0.1) is 0 Å². The van der Waals surface area contributed by atoms with Crippen LogP contribution in [0.1, 0.15) is 24.5 Å². The van der Waals surface area contributed by atoms with Crippen molar-refractivity contribution in [1.29, 1.82) is 0 Å². The second-order valence-corrected chi connectivity index (χ2v) is 3.42. The Morgan fingerprint density at radius 1 is 1.38 bits per heavy atom. The van der Waals surface area contributed by atoms with Crippen LogP contribution in [-0.2, 0) is 11.2 Å². The van der Waals surface area contributed by atoms with Crippen LogP contribution in [0.15, 0.2) is 18.2 Å². The molecule has 0 spiro atoms. The lowest BCUT2D eigenvalue weighted by atomic mass is 10.0. The molecule has 4 heteroatoms. The zero-order valence-electron chi connectivity index (χ0n) is 8.97. The molecule has 1 aromatic rings. The Hall–Kier alpha value is -1.97. The molecule has 0 aliphatic heterocycles. The summed E-state index contributed by atoms with van der Waals surface area (Å²) in [5.74, 6) is -1.40. The second-order valence-electron chi connectivity index (χ2n) is 3.42. The summed E-state index contributed by atoms with van der Waals surface area (Å²) in [6.45, 7) is 1.94. The monoisotopic (exact) mass is 222 g/mol. The van der Waals surface area contributed by atoms with Crippen molar-refractivity contribution in [3.63, 3.8) is 0 Å². The molecule has 0 aliphatic rings. The molecule has 0 atom stereocenters. The number of carboxylic acid groups (broad SMARTS) is 1. The average Bonchev–Trinajstić information content (AvgIpc) is 2.24. The SMILES string of the molecule is CCCc1c(C=CC(=O)O)ccc(O)c1O. The van der Waals surface area contributed by atoms with E-state index in [9.17, 15) is 15.0 Å². The number of hydrogen-bond donors (Lipinski definition) is 3. The van der Waals surface area contributed by atoms with Crippen LogP contribution >= 0.6 is 0 Å². The predicted molar refractivity (Wildman–Crippen MR) is 60.4 cm³/mol. The molecule has 0 radical (unpaired) electrons. The van der Waals surface area contributed by atoms with Crippen molar-refractivity contribution in [1.82, 2.24) is 0 Å². The molecule has 0 fully saturated rings. The number of hydrogen-bond acceptors (Lipinski definition) is 3. The number of benzene rings is 1. The summed E-state index contributed by atoms with van der Waals surface area (Å²) in [4.78, 5) is 10.4. The molecular formula is C12H14O4. The standard InChI is InChI=1S/C12H14O4/c1-2-3-9-8(5-7-11(14)15)4-6-10(13)12(9)16/h4-7,13,16H,2-3H2,1H3,(H,14,15). The lowest BCUT2D eigenvalue weighted by Gasteiger charge is -2.08. The molecule has 1 rings (SSSR count). The lowest BCUT2D eigenvalue weighted by molar-refractivity contribution is -0.131. The maximum Gasteiger partial charge on any atom is 0.328 e. The Morgan fingerprint density at radius 3 is 2.62 bits per heavy atom. The molecule has 0 saturated carbocycles.